The highest BCUT2D eigenvalue weighted by Gasteiger charge is 1.84. The predicted molar refractivity (Wildman–Crippen MR) is 47.9 cm³/mol. The minimum Gasteiger partial charge on any atom is -0.103 e. The third-order valence-corrected chi connectivity index (χ3v) is 1.24. The second-order valence-electron chi connectivity index (χ2n) is 2.34. The monoisotopic (exact) mass is 136 g/mol. The third-order valence-electron chi connectivity index (χ3n) is 1.24. The molecule has 0 rings (SSSR count). The number of rotatable bonds is 4. The lowest BCUT2D eigenvalue weighted by atomic mass is 10.1. The Morgan fingerprint density at radius 3 is 2.60 bits per heavy atom. The highest BCUT2D eigenvalue weighted by molar-refractivity contribution is 4.99. The summed E-state index contributed by atoms with van der Waals surface area (Å²) in [6, 6.07) is 0. The lowest BCUT2D eigenvalue weighted by Crippen LogP contribution is -1.79. The van der Waals surface area contributed by atoms with Crippen LogP contribution in [-0.4, -0.2) is 0 Å². The van der Waals surface area contributed by atoms with Gasteiger partial charge in [0.25, 0.3) is 0 Å². The van der Waals surface area contributed by atoms with Gasteiger partial charge < -0.3 is 0 Å². The minimum absolute atomic E-state index is 0.560. The molecule has 0 nitrogen and oxygen atoms in total. The van der Waals surface area contributed by atoms with Crippen LogP contribution in [0.4, 0.5) is 0 Å². The maximum absolute atomic E-state index is 3.63. The zero-order chi connectivity index (χ0) is 7.82. The van der Waals surface area contributed by atoms with Gasteiger partial charge in [-0.15, -0.1) is 6.58 Å². The van der Waals surface area contributed by atoms with Gasteiger partial charge >= 0.3 is 0 Å². The summed E-state index contributed by atoms with van der Waals surface area (Å²) in [6.07, 6.45) is 11.4. The lowest BCUT2D eigenvalue weighted by molar-refractivity contribution is 0.931. The fraction of sp³-hybridized carbons (Fsp3) is 0.400. The highest BCUT2D eigenvalue weighted by Crippen LogP contribution is 1.99. The molecule has 0 saturated heterocycles. The Bertz CT molecular complexity index is 129. The Balaban J connectivity index is 3.54. The number of hydrogen-bond donors (Lipinski definition) is 0. The summed E-state index contributed by atoms with van der Waals surface area (Å²) in [5, 5.41) is 0. The summed E-state index contributed by atoms with van der Waals surface area (Å²) in [5.74, 6) is 0.560. The van der Waals surface area contributed by atoms with Crippen LogP contribution in [0.3, 0.4) is 0 Å². The summed E-state index contributed by atoms with van der Waals surface area (Å²) in [4.78, 5) is 0. The molecular formula is C10H16. The van der Waals surface area contributed by atoms with E-state index in [0.29, 0.717) is 5.92 Å². The van der Waals surface area contributed by atoms with Crippen LogP contribution in [0.2, 0.25) is 0 Å². The van der Waals surface area contributed by atoms with E-state index in [0.717, 1.165) is 6.42 Å². The van der Waals surface area contributed by atoms with Crippen LogP contribution >= 0.6 is 0 Å². The van der Waals surface area contributed by atoms with E-state index >= 15 is 0 Å². The lowest BCUT2D eigenvalue weighted by Gasteiger charge is -1.94. The van der Waals surface area contributed by atoms with Crippen molar-refractivity contribution in [3.05, 3.63) is 37.0 Å². The summed E-state index contributed by atoms with van der Waals surface area (Å²) in [7, 11) is 0. The SMILES string of the molecule is C=CC/C=C/C(C)/C=C/C. The van der Waals surface area contributed by atoms with Crippen molar-refractivity contribution in [1.29, 1.82) is 0 Å². The van der Waals surface area contributed by atoms with Crippen molar-refractivity contribution in [1.82, 2.24) is 0 Å². The normalized spacial score (nSPS) is 14.6. The van der Waals surface area contributed by atoms with Crippen LogP contribution in [-0.2, 0) is 0 Å². The minimum atomic E-state index is 0.560. The van der Waals surface area contributed by atoms with Crippen molar-refractivity contribution in [2.45, 2.75) is 20.3 Å². The van der Waals surface area contributed by atoms with E-state index in [1.54, 1.807) is 0 Å². The van der Waals surface area contributed by atoms with Crippen LogP contribution < -0.4 is 0 Å². The van der Waals surface area contributed by atoms with Crippen molar-refractivity contribution >= 4 is 0 Å². The Labute approximate surface area is 64.0 Å². The molecule has 0 aliphatic heterocycles. The molecule has 0 aliphatic carbocycles. The largest absolute Gasteiger partial charge is 0.103 e. The summed E-state index contributed by atoms with van der Waals surface area (Å²) in [5.41, 5.74) is 0. The second-order valence-corrected chi connectivity index (χ2v) is 2.34. The Morgan fingerprint density at radius 1 is 1.40 bits per heavy atom. The van der Waals surface area contributed by atoms with Gasteiger partial charge in [-0.3, -0.25) is 0 Å². The van der Waals surface area contributed by atoms with E-state index in [2.05, 4.69) is 37.8 Å². The Morgan fingerprint density at radius 2 is 2.10 bits per heavy atom. The van der Waals surface area contributed by atoms with E-state index in [-0.39, 0.29) is 0 Å². The van der Waals surface area contributed by atoms with Gasteiger partial charge in [0.15, 0.2) is 0 Å². The zero-order valence-electron chi connectivity index (χ0n) is 6.88. The third kappa shape index (κ3) is 5.36. The molecule has 0 aromatic carbocycles. The van der Waals surface area contributed by atoms with E-state index in [4.69, 9.17) is 0 Å². The first-order valence-electron chi connectivity index (χ1n) is 3.71. The van der Waals surface area contributed by atoms with E-state index in [1.807, 2.05) is 13.0 Å². The molecule has 0 fully saturated rings. The van der Waals surface area contributed by atoms with Crippen molar-refractivity contribution in [3.8, 4) is 0 Å². The number of hydrogen-bond acceptors (Lipinski definition) is 0. The second kappa shape index (κ2) is 6.34. The van der Waals surface area contributed by atoms with Gasteiger partial charge in [0.1, 0.15) is 0 Å². The Kier molecular flexibility index (Phi) is 5.85. The topological polar surface area (TPSA) is 0 Å². The molecule has 0 N–H and O–H groups in total. The standard InChI is InChI=1S/C10H16/c1-4-6-7-9-10(3)8-5-2/h4-5,7-10H,1,6H2,2-3H3/b8-5+,9-7+. The van der Waals surface area contributed by atoms with Crippen LogP contribution in [0.15, 0.2) is 37.0 Å². The van der Waals surface area contributed by atoms with Crippen molar-refractivity contribution in [3.63, 3.8) is 0 Å². The van der Waals surface area contributed by atoms with Crippen LogP contribution in [0.1, 0.15) is 20.3 Å². The maximum Gasteiger partial charge on any atom is -0.00819 e. The van der Waals surface area contributed by atoms with Gasteiger partial charge in [-0.25, -0.2) is 0 Å². The smallest absolute Gasteiger partial charge is 0.00819 e. The first kappa shape index (κ1) is 9.22. The molecule has 1 atom stereocenters. The molecule has 56 valence electrons. The Hall–Kier alpha value is -0.780. The fourth-order valence-electron chi connectivity index (χ4n) is 0.757. The molecule has 0 bridgehead atoms. The van der Waals surface area contributed by atoms with E-state index in [1.165, 1.54) is 0 Å². The van der Waals surface area contributed by atoms with Gasteiger partial charge in [0.05, 0.1) is 0 Å². The molecule has 0 amide bonds. The van der Waals surface area contributed by atoms with E-state index < -0.39 is 0 Å². The van der Waals surface area contributed by atoms with Crippen molar-refractivity contribution in [2.75, 3.05) is 0 Å². The zero-order valence-corrected chi connectivity index (χ0v) is 6.88. The first-order valence-corrected chi connectivity index (χ1v) is 3.71. The van der Waals surface area contributed by atoms with Crippen molar-refractivity contribution in [2.24, 2.45) is 5.92 Å². The molecular weight excluding hydrogens is 120 g/mol. The highest BCUT2D eigenvalue weighted by atomic mass is 13.9. The average molecular weight is 136 g/mol. The molecule has 1 unspecified atom stereocenters. The van der Waals surface area contributed by atoms with E-state index in [9.17, 15) is 0 Å². The number of allylic oxidation sites excluding steroid dienone is 5. The fourth-order valence-corrected chi connectivity index (χ4v) is 0.757. The molecule has 0 aromatic rings. The maximum atomic E-state index is 3.63. The molecule has 0 aromatic heterocycles. The van der Waals surface area contributed by atoms with Gasteiger partial charge in [-0.1, -0.05) is 37.3 Å². The summed E-state index contributed by atoms with van der Waals surface area (Å²) in [6.45, 7) is 7.84. The van der Waals surface area contributed by atoms with Gasteiger partial charge in [-0.2, -0.15) is 0 Å². The molecule has 0 heterocycles. The van der Waals surface area contributed by atoms with Crippen LogP contribution in [0.5, 0.6) is 0 Å². The van der Waals surface area contributed by atoms with Gasteiger partial charge in [-0.05, 0) is 19.3 Å². The molecule has 0 spiro atoms. The molecule has 0 heteroatoms. The molecule has 0 saturated carbocycles. The summed E-state index contributed by atoms with van der Waals surface area (Å²) >= 11 is 0. The molecule has 0 radical (unpaired) electrons. The van der Waals surface area contributed by atoms with Crippen LogP contribution in [0.25, 0.3) is 0 Å². The molecule has 0 aliphatic rings. The van der Waals surface area contributed by atoms with Gasteiger partial charge in [0, 0.05) is 0 Å². The average Bonchev–Trinajstić information content (AvgIpc) is 1.89. The van der Waals surface area contributed by atoms with Crippen LogP contribution in [0, 0.1) is 5.92 Å². The molecule has 10 heavy (non-hydrogen) atoms. The first-order chi connectivity index (χ1) is 4.81. The summed E-state index contributed by atoms with van der Waals surface area (Å²) < 4.78 is 0. The van der Waals surface area contributed by atoms with Gasteiger partial charge in [0.2, 0.25) is 0 Å². The predicted octanol–water partition coefficient (Wildman–Crippen LogP) is 3.33. The quantitative estimate of drug-likeness (QED) is 0.520. The van der Waals surface area contributed by atoms with Crippen molar-refractivity contribution < 1.29 is 0 Å².